The molecular formula is C15H19NO5S. The van der Waals surface area contributed by atoms with Gasteiger partial charge in [0, 0.05) is 5.56 Å². The predicted molar refractivity (Wildman–Crippen MR) is 81.8 cm³/mol. The van der Waals surface area contributed by atoms with E-state index in [1.807, 2.05) is 0 Å². The molecule has 1 aliphatic heterocycles. The molecule has 0 radical (unpaired) electrons. The van der Waals surface area contributed by atoms with Gasteiger partial charge in [-0.2, -0.15) is 0 Å². The number of hydrogen-bond donors (Lipinski definition) is 1. The summed E-state index contributed by atoms with van der Waals surface area (Å²) in [7, 11) is -3.07. The lowest BCUT2D eigenvalue weighted by atomic mass is 10.0. The van der Waals surface area contributed by atoms with Crippen molar-refractivity contribution in [2.75, 3.05) is 18.1 Å². The van der Waals surface area contributed by atoms with Crippen molar-refractivity contribution in [2.24, 2.45) is 0 Å². The van der Waals surface area contributed by atoms with E-state index in [0.717, 1.165) is 0 Å². The maximum atomic E-state index is 11.9. The Balaban J connectivity index is 1.87. The summed E-state index contributed by atoms with van der Waals surface area (Å²) >= 11 is 0. The predicted octanol–water partition coefficient (Wildman–Crippen LogP) is 0.961. The number of amides is 1. The van der Waals surface area contributed by atoms with Gasteiger partial charge in [0.2, 0.25) is 0 Å². The third kappa shape index (κ3) is 4.30. The van der Waals surface area contributed by atoms with Crippen LogP contribution in [0.1, 0.15) is 30.6 Å². The van der Waals surface area contributed by atoms with Gasteiger partial charge in [0.25, 0.3) is 5.91 Å². The molecule has 1 aromatic rings. The Hall–Kier alpha value is -1.89. The van der Waals surface area contributed by atoms with Gasteiger partial charge in [-0.15, -0.1) is 0 Å². The van der Waals surface area contributed by atoms with E-state index < -0.39 is 15.4 Å². The number of benzene rings is 1. The average Bonchev–Trinajstić information content (AvgIpc) is 2.70. The minimum atomic E-state index is -3.07. The average molecular weight is 325 g/mol. The van der Waals surface area contributed by atoms with Crippen molar-refractivity contribution in [2.45, 2.75) is 25.8 Å². The summed E-state index contributed by atoms with van der Waals surface area (Å²) in [6, 6.07) is 6.48. The Labute approximate surface area is 129 Å². The second kappa shape index (κ2) is 6.08. The maximum Gasteiger partial charge on any atom is 0.258 e. The Morgan fingerprint density at radius 1 is 1.27 bits per heavy atom. The Morgan fingerprint density at radius 3 is 2.41 bits per heavy atom. The van der Waals surface area contributed by atoms with E-state index in [9.17, 15) is 18.0 Å². The number of hydrogen-bond acceptors (Lipinski definition) is 5. The van der Waals surface area contributed by atoms with Crippen LogP contribution in [0, 0.1) is 0 Å². The zero-order valence-electron chi connectivity index (χ0n) is 12.6. The summed E-state index contributed by atoms with van der Waals surface area (Å²) in [5.41, 5.74) is -0.155. The molecule has 7 heteroatoms. The van der Waals surface area contributed by atoms with Crippen molar-refractivity contribution in [3.05, 3.63) is 29.8 Å². The van der Waals surface area contributed by atoms with Gasteiger partial charge in [0.15, 0.2) is 22.2 Å². The van der Waals surface area contributed by atoms with E-state index in [4.69, 9.17) is 4.74 Å². The molecule has 0 aromatic heterocycles. The molecule has 22 heavy (non-hydrogen) atoms. The van der Waals surface area contributed by atoms with Crippen LogP contribution in [0.25, 0.3) is 0 Å². The number of carbonyl (C=O) groups is 2. The van der Waals surface area contributed by atoms with E-state index in [0.29, 0.717) is 17.7 Å². The van der Waals surface area contributed by atoms with E-state index in [2.05, 4.69) is 5.32 Å². The first kappa shape index (κ1) is 16.5. The highest BCUT2D eigenvalue weighted by Crippen LogP contribution is 2.22. The topological polar surface area (TPSA) is 89.5 Å². The summed E-state index contributed by atoms with van der Waals surface area (Å²) in [4.78, 5) is 23.0. The number of ketones is 1. The molecular weight excluding hydrogens is 306 g/mol. The van der Waals surface area contributed by atoms with Gasteiger partial charge in [-0.3, -0.25) is 9.59 Å². The van der Waals surface area contributed by atoms with Crippen molar-refractivity contribution in [3.63, 3.8) is 0 Å². The zero-order valence-corrected chi connectivity index (χ0v) is 13.4. The quantitative estimate of drug-likeness (QED) is 0.815. The van der Waals surface area contributed by atoms with Gasteiger partial charge in [0.1, 0.15) is 5.75 Å². The molecule has 1 aromatic carbocycles. The van der Waals surface area contributed by atoms with Gasteiger partial charge >= 0.3 is 0 Å². The highest BCUT2D eigenvalue weighted by molar-refractivity contribution is 7.91. The van der Waals surface area contributed by atoms with Crippen molar-refractivity contribution in [1.29, 1.82) is 0 Å². The van der Waals surface area contributed by atoms with E-state index in [1.54, 1.807) is 31.2 Å². The lowest BCUT2D eigenvalue weighted by Crippen LogP contribution is -2.48. The summed E-state index contributed by atoms with van der Waals surface area (Å²) in [5, 5.41) is 2.71. The van der Waals surface area contributed by atoms with Gasteiger partial charge < -0.3 is 10.1 Å². The number of ether oxygens (including phenoxy) is 1. The minimum Gasteiger partial charge on any atom is -0.484 e. The second-order valence-electron chi connectivity index (χ2n) is 5.82. The Kier molecular flexibility index (Phi) is 4.55. The highest BCUT2D eigenvalue weighted by Gasteiger charge is 2.39. The molecule has 1 fully saturated rings. The van der Waals surface area contributed by atoms with Crippen molar-refractivity contribution in [3.8, 4) is 5.75 Å². The maximum absolute atomic E-state index is 11.9. The van der Waals surface area contributed by atoms with Crippen LogP contribution in [0.2, 0.25) is 0 Å². The third-order valence-electron chi connectivity index (χ3n) is 3.58. The molecule has 1 atom stereocenters. The molecule has 2 rings (SSSR count). The molecule has 1 heterocycles. The molecule has 6 nitrogen and oxygen atoms in total. The molecule has 0 aliphatic carbocycles. The molecule has 1 saturated heterocycles. The first-order chi connectivity index (χ1) is 10.2. The van der Waals surface area contributed by atoms with E-state index in [-0.39, 0.29) is 29.8 Å². The van der Waals surface area contributed by atoms with Crippen LogP contribution >= 0.6 is 0 Å². The fourth-order valence-electron chi connectivity index (χ4n) is 2.42. The standard InChI is InChI=1S/C15H19NO5S/c1-11(17)12-3-5-13(6-4-12)21-9-14(18)16-15(2)7-8-22(19,20)10-15/h3-6H,7-10H2,1-2H3,(H,16,18)/t15-/m1/s1. The fourth-order valence-corrected chi connectivity index (χ4v) is 4.51. The first-order valence-corrected chi connectivity index (χ1v) is 8.77. The third-order valence-corrected chi connectivity index (χ3v) is 5.48. The van der Waals surface area contributed by atoms with Crippen LogP contribution < -0.4 is 10.1 Å². The lowest BCUT2D eigenvalue weighted by Gasteiger charge is -2.23. The summed E-state index contributed by atoms with van der Waals surface area (Å²) < 4.78 is 28.3. The van der Waals surface area contributed by atoms with Crippen molar-refractivity contribution < 1.29 is 22.7 Å². The molecule has 0 unspecified atom stereocenters. The molecule has 1 N–H and O–H groups in total. The number of nitrogens with one attached hydrogen (secondary N) is 1. The van der Waals surface area contributed by atoms with Gasteiger partial charge in [-0.1, -0.05) is 0 Å². The number of Topliss-reactive ketones (excluding diaryl/α,β-unsaturated/α-hetero) is 1. The minimum absolute atomic E-state index is 0.0420. The monoisotopic (exact) mass is 325 g/mol. The molecule has 1 amide bonds. The summed E-state index contributed by atoms with van der Waals surface area (Å²) in [6.07, 6.45) is 0.411. The molecule has 0 saturated carbocycles. The molecule has 0 spiro atoms. The van der Waals surface area contributed by atoms with E-state index >= 15 is 0 Å². The number of rotatable bonds is 5. The fraction of sp³-hybridized carbons (Fsp3) is 0.467. The molecule has 1 aliphatic rings. The van der Waals surface area contributed by atoms with Crippen LogP contribution in [0.5, 0.6) is 5.75 Å². The van der Waals surface area contributed by atoms with Crippen LogP contribution in [-0.4, -0.2) is 43.8 Å². The largest absolute Gasteiger partial charge is 0.484 e. The van der Waals surface area contributed by atoms with Crippen LogP contribution in [0.15, 0.2) is 24.3 Å². The SMILES string of the molecule is CC(=O)c1ccc(OCC(=O)N[C@]2(C)CCS(=O)(=O)C2)cc1. The Morgan fingerprint density at radius 2 is 1.91 bits per heavy atom. The van der Waals surface area contributed by atoms with Gasteiger partial charge in [-0.25, -0.2) is 8.42 Å². The van der Waals surface area contributed by atoms with Crippen LogP contribution in [-0.2, 0) is 14.6 Å². The second-order valence-corrected chi connectivity index (χ2v) is 8.00. The van der Waals surface area contributed by atoms with Gasteiger partial charge in [0.05, 0.1) is 17.0 Å². The summed E-state index contributed by atoms with van der Waals surface area (Å²) in [5.74, 6) is 0.121. The Bertz CT molecular complexity index is 680. The molecule has 120 valence electrons. The van der Waals surface area contributed by atoms with E-state index in [1.165, 1.54) is 6.92 Å². The first-order valence-electron chi connectivity index (χ1n) is 6.94. The number of carbonyl (C=O) groups excluding carboxylic acids is 2. The number of sulfone groups is 1. The summed E-state index contributed by atoms with van der Waals surface area (Å²) in [6.45, 7) is 2.99. The normalized spacial score (nSPS) is 23.0. The zero-order chi connectivity index (χ0) is 16.4. The van der Waals surface area contributed by atoms with Crippen molar-refractivity contribution >= 4 is 21.5 Å². The van der Waals surface area contributed by atoms with Crippen LogP contribution in [0.3, 0.4) is 0 Å². The van der Waals surface area contributed by atoms with Crippen LogP contribution in [0.4, 0.5) is 0 Å². The van der Waals surface area contributed by atoms with Crippen molar-refractivity contribution in [1.82, 2.24) is 5.32 Å². The molecule has 0 bridgehead atoms. The smallest absolute Gasteiger partial charge is 0.258 e. The van der Waals surface area contributed by atoms with Gasteiger partial charge in [-0.05, 0) is 44.5 Å². The highest BCUT2D eigenvalue weighted by atomic mass is 32.2. The lowest BCUT2D eigenvalue weighted by molar-refractivity contribution is -0.124.